The first-order chi connectivity index (χ1) is 11.0. The summed E-state index contributed by atoms with van der Waals surface area (Å²) in [7, 11) is -1.86. The Bertz CT molecular complexity index is 761. The number of aromatic nitrogens is 1. The van der Waals surface area contributed by atoms with Gasteiger partial charge in [-0.05, 0) is 55.7 Å². The summed E-state index contributed by atoms with van der Waals surface area (Å²) in [6.07, 6.45) is 5.76. The molecule has 5 nitrogen and oxygen atoms in total. The number of rotatable bonds is 4. The molecule has 1 aromatic carbocycles. The van der Waals surface area contributed by atoms with Crippen LogP contribution in [0.15, 0.2) is 47.6 Å². The molecular weight excluding hydrogens is 312 g/mol. The third kappa shape index (κ3) is 3.14. The van der Waals surface area contributed by atoms with Gasteiger partial charge in [0.1, 0.15) is 5.75 Å². The Morgan fingerprint density at radius 1 is 1.13 bits per heavy atom. The van der Waals surface area contributed by atoms with Crippen molar-refractivity contribution in [2.75, 3.05) is 20.2 Å². The summed E-state index contributed by atoms with van der Waals surface area (Å²) in [6.45, 7) is 2.91. The standard InChI is InChI=1S/C17H22N2O3S/c1-14-13-16(22-2)5-6-17(14)23(20,21)19-11-7-15(8-12-19)18-9-3-4-10-18/h3-6,9-10,13,15H,7-8,11-12H2,1-2H3. The van der Waals surface area contributed by atoms with Gasteiger partial charge in [0.2, 0.25) is 10.0 Å². The molecule has 0 unspecified atom stereocenters. The molecular formula is C17H22N2O3S. The normalized spacial score (nSPS) is 17.3. The van der Waals surface area contributed by atoms with Crippen LogP contribution in [0, 0.1) is 6.92 Å². The average molecular weight is 334 g/mol. The summed E-state index contributed by atoms with van der Waals surface area (Å²) in [5.74, 6) is 0.674. The van der Waals surface area contributed by atoms with E-state index in [1.54, 1.807) is 29.6 Å². The lowest BCUT2D eigenvalue weighted by Crippen LogP contribution is -2.39. The number of ether oxygens (including phenoxy) is 1. The van der Waals surface area contributed by atoms with E-state index >= 15 is 0 Å². The summed E-state index contributed by atoms with van der Waals surface area (Å²) in [5.41, 5.74) is 0.719. The quantitative estimate of drug-likeness (QED) is 0.864. The van der Waals surface area contributed by atoms with Crippen LogP contribution < -0.4 is 4.74 Å². The molecule has 1 aromatic heterocycles. The minimum atomic E-state index is -3.44. The van der Waals surface area contributed by atoms with Crippen molar-refractivity contribution in [1.29, 1.82) is 0 Å². The van der Waals surface area contributed by atoms with Crippen molar-refractivity contribution < 1.29 is 13.2 Å². The lowest BCUT2D eigenvalue weighted by molar-refractivity contribution is 0.274. The second-order valence-electron chi connectivity index (χ2n) is 5.90. The van der Waals surface area contributed by atoms with Crippen LogP contribution in [0.25, 0.3) is 0 Å². The van der Waals surface area contributed by atoms with Gasteiger partial charge in [-0.25, -0.2) is 8.42 Å². The third-order valence-corrected chi connectivity index (χ3v) is 6.53. The smallest absolute Gasteiger partial charge is 0.243 e. The lowest BCUT2D eigenvalue weighted by Gasteiger charge is -2.32. The number of nitrogens with zero attached hydrogens (tertiary/aromatic N) is 2. The van der Waals surface area contributed by atoms with E-state index in [-0.39, 0.29) is 0 Å². The average Bonchev–Trinajstić information content (AvgIpc) is 3.09. The van der Waals surface area contributed by atoms with Gasteiger partial charge in [-0.1, -0.05) is 0 Å². The van der Waals surface area contributed by atoms with Crippen LogP contribution in [0.2, 0.25) is 0 Å². The highest BCUT2D eigenvalue weighted by Gasteiger charge is 2.30. The van der Waals surface area contributed by atoms with E-state index in [2.05, 4.69) is 4.57 Å². The monoisotopic (exact) mass is 334 g/mol. The molecule has 2 heterocycles. The van der Waals surface area contributed by atoms with Gasteiger partial charge in [-0.15, -0.1) is 0 Å². The van der Waals surface area contributed by atoms with Crippen LogP contribution >= 0.6 is 0 Å². The zero-order chi connectivity index (χ0) is 16.4. The second kappa shape index (κ2) is 6.37. The van der Waals surface area contributed by atoms with E-state index in [0.29, 0.717) is 29.8 Å². The third-order valence-electron chi connectivity index (χ3n) is 4.47. The van der Waals surface area contributed by atoms with E-state index in [0.717, 1.165) is 18.4 Å². The second-order valence-corrected chi connectivity index (χ2v) is 7.80. The molecule has 6 heteroatoms. The van der Waals surface area contributed by atoms with Crippen LogP contribution in [0.1, 0.15) is 24.4 Å². The molecule has 0 aliphatic carbocycles. The number of hydrogen-bond acceptors (Lipinski definition) is 3. The Balaban J connectivity index is 1.76. The molecule has 0 bridgehead atoms. The zero-order valence-corrected chi connectivity index (χ0v) is 14.3. The van der Waals surface area contributed by atoms with Crippen molar-refractivity contribution in [3.63, 3.8) is 0 Å². The van der Waals surface area contributed by atoms with Gasteiger partial charge >= 0.3 is 0 Å². The van der Waals surface area contributed by atoms with Crippen LogP contribution in [0.3, 0.4) is 0 Å². The van der Waals surface area contributed by atoms with Crippen molar-refractivity contribution in [2.24, 2.45) is 0 Å². The lowest BCUT2D eigenvalue weighted by atomic mass is 10.1. The van der Waals surface area contributed by atoms with Crippen LogP contribution in [0.5, 0.6) is 5.75 Å². The predicted molar refractivity (Wildman–Crippen MR) is 89.2 cm³/mol. The van der Waals surface area contributed by atoms with Gasteiger partial charge in [0, 0.05) is 31.5 Å². The Morgan fingerprint density at radius 3 is 2.35 bits per heavy atom. The van der Waals surface area contributed by atoms with E-state index in [4.69, 9.17) is 4.74 Å². The van der Waals surface area contributed by atoms with Crippen molar-refractivity contribution in [3.05, 3.63) is 48.3 Å². The Kier molecular flexibility index (Phi) is 4.46. The molecule has 23 heavy (non-hydrogen) atoms. The molecule has 0 amide bonds. The largest absolute Gasteiger partial charge is 0.497 e. The van der Waals surface area contributed by atoms with E-state index in [9.17, 15) is 8.42 Å². The Morgan fingerprint density at radius 2 is 1.78 bits per heavy atom. The molecule has 2 aromatic rings. The maximum Gasteiger partial charge on any atom is 0.243 e. The van der Waals surface area contributed by atoms with Crippen LogP contribution in [0.4, 0.5) is 0 Å². The number of benzene rings is 1. The molecule has 3 rings (SSSR count). The molecule has 0 N–H and O–H groups in total. The highest BCUT2D eigenvalue weighted by atomic mass is 32.2. The maximum absolute atomic E-state index is 12.9. The number of methoxy groups -OCH3 is 1. The molecule has 0 spiro atoms. The van der Waals surface area contributed by atoms with Crippen molar-refractivity contribution >= 4 is 10.0 Å². The van der Waals surface area contributed by atoms with Gasteiger partial charge in [-0.2, -0.15) is 4.31 Å². The van der Waals surface area contributed by atoms with Gasteiger partial charge in [0.05, 0.1) is 12.0 Å². The summed E-state index contributed by atoms with van der Waals surface area (Å²) in [6, 6.07) is 9.50. The van der Waals surface area contributed by atoms with Crippen LogP contribution in [-0.2, 0) is 10.0 Å². The molecule has 0 atom stereocenters. The number of aryl methyl sites for hydroxylation is 1. The molecule has 0 radical (unpaired) electrons. The van der Waals surface area contributed by atoms with Gasteiger partial charge in [0.25, 0.3) is 0 Å². The number of sulfonamides is 1. The van der Waals surface area contributed by atoms with Crippen molar-refractivity contribution in [3.8, 4) is 5.75 Å². The van der Waals surface area contributed by atoms with Crippen LogP contribution in [-0.4, -0.2) is 37.5 Å². The molecule has 1 fully saturated rings. The first-order valence-electron chi connectivity index (χ1n) is 7.79. The van der Waals surface area contributed by atoms with E-state index in [1.807, 2.05) is 31.5 Å². The summed E-state index contributed by atoms with van der Waals surface area (Å²) in [4.78, 5) is 0.373. The first kappa shape index (κ1) is 16.1. The first-order valence-corrected chi connectivity index (χ1v) is 9.23. The topological polar surface area (TPSA) is 51.5 Å². The van der Waals surface area contributed by atoms with Gasteiger partial charge in [-0.3, -0.25) is 0 Å². The van der Waals surface area contributed by atoms with Crippen molar-refractivity contribution in [2.45, 2.75) is 30.7 Å². The fourth-order valence-electron chi connectivity index (χ4n) is 3.15. The fraction of sp³-hybridized carbons (Fsp3) is 0.412. The van der Waals surface area contributed by atoms with Crippen molar-refractivity contribution in [1.82, 2.24) is 8.87 Å². The molecule has 1 saturated heterocycles. The number of hydrogen-bond donors (Lipinski definition) is 0. The maximum atomic E-state index is 12.9. The Hall–Kier alpha value is -1.79. The highest BCUT2D eigenvalue weighted by molar-refractivity contribution is 7.89. The van der Waals surface area contributed by atoms with Gasteiger partial charge in [0.15, 0.2) is 0 Å². The minimum Gasteiger partial charge on any atom is -0.497 e. The predicted octanol–water partition coefficient (Wildman–Crippen LogP) is 2.83. The SMILES string of the molecule is COc1ccc(S(=O)(=O)N2CCC(n3cccc3)CC2)c(C)c1. The minimum absolute atomic E-state index is 0.373. The summed E-state index contributed by atoms with van der Waals surface area (Å²) >= 11 is 0. The number of piperidine rings is 1. The summed E-state index contributed by atoms with van der Waals surface area (Å²) < 4.78 is 34.7. The van der Waals surface area contributed by atoms with Gasteiger partial charge < -0.3 is 9.30 Å². The summed E-state index contributed by atoms with van der Waals surface area (Å²) in [5, 5.41) is 0. The van der Waals surface area contributed by atoms with E-state index < -0.39 is 10.0 Å². The van der Waals surface area contributed by atoms with E-state index in [1.165, 1.54) is 0 Å². The highest BCUT2D eigenvalue weighted by Crippen LogP contribution is 2.29. The fourth-order valence-corrected chi connectivity index (χ4v) is 4.82. The molecule has 124 valence electrons. The zero-order valence-electron chi connectivity index (χ0n) is 13.5. The molecule has 1 aliphatic rings. The molecule has 1 aliphatic heterocycles. The Labute approximate surface area is 137 Å². The molecule has 0 saturated carbocycles.